The Morgan fingerprint density at radius 3 is 2.44 bits per heavy atom. The van der Waals surface area contributed by atoms with Crippen molar-refractivity contribution in [3.05, 3.63) is 70.8 Å². The second-order valence-electron chi connectivity index (χ2n) is 7.35. The van der Waals surface area contributed by atoms with Crippen LogP contribution in [-0.2, 0) is 13.1 Å². The third kappa shape index (κ3) is 5.17. The fraction of sp³-hybridized carbons (Fsp3) is 0.409. The first-order valence-electron chi connectivity index (χ1n) is 9.25. The van der Waals surface area contributed by atoms with Crippen LogP contribution in [-0.4, -0.2) is 23.9 Å². The molecule has 1 aliphatic rings. The number of nitrogens with zero attached hydrogens (tertiary/aromatic N) is 1. The van der Waals surface area contributed by atoms with Crippen LogP contribution in [0.25, 0.3) is 0 Å². The highest BCUT2D eigenvalue weighted by Gasteiger charge is 2.16. The molecule has 1 N–H and O–H groups in total. The lowest BCUT2D eigenvalue weighted by Crippen LogP contribution is -2.33. The van der Waals surface area contributed by atoms with E-state index in [4.69, 9.17) is 0 Å². The fourth-order valence-corrected chi connectivity index (χ4v) is 3.44. The van der Waals surface area contributed by atoms with Crippen molar-refractivity contribution in [1.29, 1.82) is 0 Å². The number of hydrogen-bond donors (Lipinski definition) is 1. The number of hydrogen-bond acceptors (Lipinski definition) is 2. The molecule has 1 saturated heterocycles. The van der Waals surface area contributed by atoms with Crippen molar-refractivity contribution in [1.82, 2.24) is 10.2 Å². The molecule has 25 heavy (non-hydrogen) atoms. The maximum atomic E-state index is 12.3. The first-order valence-corrected chi connectivity index (χ1v) is 9.25. The van der Waals surface area contributed by atoms with E-state index in [9.17, 15) is 4.79 Å². The number of benzene rings is 2. The molecular formula is C22H28N2O. The van der Waals surface area contributed by atoms with Gasteiger partial charge in [-0.15, -0.1) is 0 Å². The minimum absolute atomic E-state index is 0.0151. The zero-order valence-electron chi connectivity index (χ0n) is 15.3. The van der Waals surface area contributed by atoms with Gasteiger partial charge in [-0.25, -0.2) is 0 Å². The molecule has 1 fully saturated rings. The Kier molecular flexibility index (Phi) is 5.87. The molecule has 0 bridgehead atoms. The SMILES string of the molecule is Cc1ccc(CNC(=O)c2ccc(CN3CCCC(C)C3)cc2)cc1. The highest BCUT2D eigenvalue weighted by atomic mass is 16.1. The first-order chi connectivity index (χ1) is 12.1. The van der Waals surface area contributed by atoms with Gasteiger partial charge in [-0.1, -0.05) is 48.9 Å². The van der Waals surface area contributed by atoms with E-state index in [-0.39, 0.29) is 5.91 Å². The Bertz CT molecular complexity index is 691. The van der Waals surface area contributed by atoms with Gasteiger partial charge in [-0.3, -0.25) is 9.69 Å². The molecule has 0 aliphatic carbocycles. The zero-order chi connectivity index (χ0) is 17.6. The molecule has 2 aromatic carbocycles. The van der Waals surface area contributed by atoms with E-state index in [0.29, 0.717) is 6.54 Å². The molecule has 0 spiro atoms. The van der Waals surface area contributed by atoms with Gasteiger partial charge in [0.15, 0.2) is 0 Å². The Hall–Kier alpha value is -2.13. The van der Waals surface area contributed by atoms with Crippen LogP contribution in [0.5, 0.6) is 0 Å². The second-order valence-corrected chi connectivity index (χ2v) is 7.35. The van der Waals surface area contributed by atoms with Crippen LogP contribution in [0, 0.1) is 12.8 Å². The molecule has 1 unspecified atom stereocenters. The summed E-state index contributed by atoms with van der Waals surface area (Å²) in [6, 6.07) is 16.3. The van der Waals surface area contributed by atoms with Gasteiger partial charge in [0.05, 0.1) is 0 Å². The predicted octanol–water partition coefficient (Wildman–Crippen LogP) is 4.16. The van der Waals surface area contributed by atoms with E-state index < -0.39 is 0 Å². The second kappa shape index (κ2) is 8.30. The van der Waals surface area contributed by atoms with Crippen molar-refractivity contribution in [2.24, 2.45) is 5.92 Å². The summed E-state index contributed by atoms with van der Waals surface area (Å²) in [4.78, 5) is 14.8. The normalized spacial score (nSPS) is 18.1. The smallest absolute Gasteiger partial charge is 0.251 e. The summed E-state index contributed by atoms with van der Waals surface area (Å²) < 4.78 is 0. The van der Waals surface area contributed by atoms with Crippen LogP contribution >= 0.6 is 0 Å². The number of rotatable bonds is 5. The van der Waals surface area contributed by atoms with E-state index in [2.05, 4.69) is 60.5 Å². The molecular weight excluding hydrogens is 308 g/mol. The van der Waals surface area contributed by atoms with Gasteiger partial charge in [0, 0.05) is 25.2 Å². The lowest BCUT2D eigenvalue weighted by Gasteiger charge is -2.30. The van der Waals surface area contributed by atoms with Crippen molar-refractivity contribution in [2.75, 3.05) is 13.1 Å². The Morgan fingerprint density at radius 1 is 1.08 bits per heavy atom. The van der Waals surface area contributed by atoms with E-state index in [0.717, 1.165) is 23.6 Å². The maximum Gasteiger partial charge on any atom is 0.251 e. The number of nitrogens with one attached hydrogen (secondary N) is 1. The van der Waals surface area contributed by atoms with Crippen LogP contribution < -0.4 is 5.32 Å². The minimum atomic E-state index is -0.0151. The first kappa shape index (κ1) is 17.7. The molecule has 1 aliphatic heterocycles. The molecule has 3 heteroatoms. The van der Waals surface area contributed by atoms with Crippen molar-refractivity contribution in [3.63, 3.8) is 0 Å². The lowest BCUT2D eigenvalue weighted by molar-refractivity contribution is 0.0951. The third-order valence-electron chi connectivity index (χ3n) is 4.94. The van der Waals surface area contributed by atoms with Crippen molar-refractivity contribution in [3.8, 4) is 0 Å². The summed E-state index contributed by atoms with van der Waals surface area (Å²) in [6.07, 6.45) is 2.64. The lowest BCUT2D eigenvalue weighted by atomic mass is 9.99. The van der Waals surface area contributed by atoms with Gasteiger partial charge in [-0.05, 0) is 55.5 Å². The van der Waals surface area contributed by atoms with Gasteiger partial charge in [0.1, 0.15) is 0 Å². The van der Waals surface area contributed by atoms with E-state index in [1.54, 1.807) is 0 Å². The molecule has 0 saturated carbocycles. The van der Waals surface area contributed by atoms with Gasteiger partial charge in [0.25, 0.3) is 5.91 Å². The minimum Gasteiger partial charge on any atom is -0.348 e. The number of amides is 1. The summed E-state index contributed by atoms with van der Waals surface area (Å²) in [5.41, 5.74) is 4.36. The molecule has 1 amide bonds. The molecule has 3 nitrogen and oxygen atoms in total. The number of carbonyl (C=O) groups excluding carboxylic acids is 1. The van der Waals surface area contributed by atoms with Gasteiger partial charge in [0.2, 0.25) is 0 Å². The monoisotopic (exact) mass is 336 g/mol. The number of likely N-dealkylation sites (tertiary alicyclic amines) is 1. The van der Waals surface area contributed by atoms with Gasteiger partial charge >= 0.3 is 0 Å². The maximum absolute atomic E-state index is 12.3. The molecule has 1 atom stereocenters. The number of carbonyl (C=O) groups is 1. The summed E-state index contributed by atoms with van der Waals surface area (Å²) in [6.45, 7) is 8.30. The third-order valence-corrected chi connectivity index (χ3v) is 4.94. The van der Waals surface area contributed by atoms with Gasteiger partial charge in [-0.2, -0.15) is 0 Å². The van der Waals surface area contributed by atoms with Gasteiger partial charge < -0.3 is 5.32 Å². The average Bonchev–Trinajstić information content (AvgIpc) is 2.62. The molecule has 2 aromatic rings. The van der Waals surface area contributed by atoms with Crippen molar-refractivity contribution < 1.29 is 4.79 Å². The summed E-state index contributed by atoms with van der Waals surface area (Å²) in [5, 5.41) is 2.99. The number of aryl methyl sites for hydroxylation is 1. The Morgan fingerprint density at radius 2 is 1.76 bits per heavy atom. The zero-order valence-corrected chi connectivity index (χ0v) is 15.3. The molecule has 0 radical (unpaired) electrons. The quantitative estimate of drug-likeness (QED) is 0.889. The predicted molar refractivity (Wildman–Crippen MR) is 102 cm³/mol. The molecule has 0 aromatic heterocycles. The number of piperidine rings is 1. The van der Waals surface area contributed by atoms with Crippen molar-refractivity contribution in [2.45, 2.75) is 39.8 Å². The largest absolute Gasteiger partial charge is 0.348 e. The Labute approximate surface area is 151 Å². The fourth-order valence-electron chi connectivity index (χ4n) is 3.44. The molecule has 1 heterocycles. The summed E-state index contributed by atoms with van der Waals surface area (Å²) in [7, 11) is 0. The van der Waals surface area contributed by atoms with E-state index >= 15 is 0 Å². The van der Waals surface area contributed by atoms with Crippen LogP contribution in [0.4, 0.5) is 0 Å². The van der Waals surface area contributed by atoms with Crippen molar-refractivity contribution >= 4 is 5.91 Å². The van der Waals surface area contributed by atoms with Crippen LogP contribution in [0.3, 0.4) is 0 Å². The van der Waals surface area contributed by atoms with Crippen LogP contribution in [0.1, 0.15) is 46.8 Å². The molecule has 132 valence electrons. The highest BCUT2D eigenvalue weighted by Crippen LogP contribution is 2.18. The van der Waals surface area contributed by atoms with E-state index in [1.807, 2.05) is 12.1 Å². The topological polar surface area (TPSA) is 32.3 Å². The molecule has 3 rings (SSSR count). The highest BCUT2D eigenvalue weighted by molar-refractivity contribution is 5.94. The van der Waals surface area contributed by atoms with Crippen LogP contribution in [0.2, 0.25) is 0 Å². The summed E-state index contributed by atoms with van der Waals surface area (Å²) in [5.74, 6) is 0.777. The standard InChI is InChI=1S/C22H28N2O/c1-17-5-7-19(8-6-17)14-23-22(25)21-11-9-20(10-12-21)16-24-13-3-4-18(2)15-24/h5-12,18H,3-4,13-16H2,1-2H3,(H,23,25). The summed E-state index contributed by atoms with van der Waals surface area (Å²) >= 11 is 0. The van der Waals surface area contributed by atoms with E-state index in [1.165, 1.54) is 37.1 Å². The average molecular weight is 336 g/mol. The van der Waals surface area contributed by atoms with Crippen LogP contribution in [0.15, 0.2) is 48.5 Å². The Balaban J connectivity index is 1.52.